The summed E-state index contributed by atoms with van der Waals surface area (Å²) < 4.78 is 23.6. The first-order valence-corrected chi connectivity index (χ1v) is 8.39. The zero-order chi connectivity index (χ0) is 18.5. The third-order valence-corrected chi connectivity index (χ3v) is 4.39. The third-order valence-electron chi connectivity index (χ3n) is 4.39. The molecule has 26 heavy (non-hydrogen) atoms. The largest absolute Gasteiger partial charge is 0.493 e. The van der Waals surface area contributed by atoms with E-state index in [2.05, 4.69) is 10.2 Å². The average molecular weight is 359 g/mol. The Bertz CT molecular complexity index is 759. The number of benzene rings is 2. The summed E-state index contributed by atoms with van der Waals surface area (Å²) in [6.07, 6.45) is 0. The van der Waals surface area contributed by atoms with Crippen molar-refractivity contribution in [3.8, 4) is 11.5 Å². The number of hydrogen-bond donors (Lipinski definition) is 1. The van der Waals surface area contributed by atoms with Crippen molar-refractivity contribution in [2.24, 2.45) is 0 Å². The van der Waals surface area contributed by atoms with Crippen molar-refractivity contribution in [1.82, 2.24) is 4.90 Å². The van der Waals surface area contributed by atoms with Gasteiger partial charge in [-0.3, -0.25) is 0 Å². The molecule has 1 aliphatic rings. The van der Waals surface area contributed by atoms with Crippen LogP contribution >= 0.6 is 0 Å². The van der Waals surface area contributed by atoms with Crippen LogP contribution in [-0.4, -0.2) is 51.3 Å². The zero-order valence-electron chi connectivity index (χ0n) is 14.9. The molecule has 2 aromatic carbocycles. The molecule has 0 atom stereocenters. The highest BCUT2D eigenvalue weighted by Crippen LogP contribution is 2.31. The Hall–Kier alpha value is -2.96. The number of hydrogen-bond acceptors (Lipinski definition) is 4. The number of nitrogens with one attached hydrogen (secondary N) is 1. The number of ether oxygens (including phenoxy) is 2. The minimum atomic E-state index is -0.327. The van der Waals surface area contributed by atoms with Crippen LogP contribution in [0.1, 0.15) is 0 Å². The fourth-order valence-corrected chi connectivity index (χ4v) is 2.93. The molecule has 0 saturated carbocycles. The van der Waals surface area contributed by atoms with E-state index in [-0.39, 0.29) is 11.8 Å². The first-order valence-electron chi connectivity index (χ1n) is 8.39. The zero-order valence-corrected chi connectivity index (χ0v) is 14.9. The van der Waals surface area contributed by atoms with Crippen molar-refractivity contribution >= 4 is 17.4 Å². The molecule has 1 aliphatic heterocycles. The van der Waals surface area contributed by atoms with E-state index < -0.39 is 0 Å². The maximum atomic E-state index is 12.9. The molecule has 2 amide bonds. The van der Waals surface area contributed by atoms with Crippen molar-refractivity contribution in [2.45, 2.75) is 0 Å². The lowest BCUT2D eigenvalue weighted by molar-refractivity contribution is 0.208. The lowest BCUT2D eigenvalue weighted by atomic mass is 10.2. The van der Waals surface area contributed by atoms with Crippen LogP contribution in [0, 0.1) is 5.82 Å². The number of halogens is 1. The molecule has 7 heteroatoms. The van der Waals surface area contributed by atoms with Crippen molar-refractivity contribution in [3.05, 3.63) is 48.3 Å². The van der Waals surface area contributed by atoms with E-state index >= 15 is 0 Å². The monoisotopic (exact) mass is 359 g/mol. The van der Waals surface area contributed by atoms with Gasteiger partial charge in [0.15, 0.2) is 11.5 Å². The summed E-state index contributed by atoms with van der Waals surface area (Å²) >= 11 is 0. The highest BCUT2D eigenvalue weighted by molar-refractivity contribution is 5.89. The van der Waals surface area contributed by atoms with Crippen LogP contribution < -0.4 is 19.7 Å². The molecule has 0 aromatic heterocycles. The second-order valence-electron chi connectivity index (χ2n) is 5.95. The molecule has 0 unspecified atom stereocenters. The van der Waals surface area contributed by atoms with Gasteiger partial charge in [-0.1, -0.05) is 0 Å². The standard InChI is InChI=1S/C19H22FN3O3/c1-25-17-8-7-16(13-18(17)26-2)22-9-11-23(12-10-22)19(24)21-15-5-3-14(20)4-6-15/h3-8,13H,9-12H2,1-2H3,(H,21,24). The van der Waals surface area contributed by atoms with E-state index in [1.54, 1.807) is 31.3 Å². The maximum Gasteiger partial charge on any atom is 0.321 e. The fourth-order valence-electron chi connectivity index (χ4n) is 2.93. The van der Waals surface area contributed by atoms with Crippen molar-refractivity contribution in [3.63, 3.8) is 0 Å². The molecule has 1 saturated heterocycles. The van der Waals surface area contributed by atoms with Crippen LogP contribution in [0.3, 0.4) is 0 Å². The smallest absolute Gasteiger partial charge is 0.321 e. The molecule has 0 aliphatic carbocycles. The second-order valence-corrected chi connectivity index (χ2v) is 5.95. The number of carbonyl (C=O) groups is 1. The van der Waals surface area contributed by atoms with E-state index in [4.69, 9.17) is 9.47 Å². The molecule has 1 N–H and O–H groups in total. The van der Waals surface area contributed by atoms with E-state index in [0.717, 1.165) is 5.69 Å². The molecule has 1 heterocycles. The summed E-state index contributed by atoms with van der Waals surface area (Å²) in [5.41, 5.74) is 1.61. The summed E-state index contributed by atoms with van der Waals surface area (Å²) in [4.78, 5) is 16.3. The summed E-state index contributed by atoms with van der Waals surface area (Å²) in [5.74, 6) is 1.04. The summed E-state index contributed by atoms with van der Waals surface area (Å²) in [7, 11) is 3.22. The minimum absolute atomic E-state index is 0.177. The second kappa shape index (κ2) is 7.95. The van der Waals surface area contributed by atoms with Gasteiger partial charge in [0.1, 0.15) is 5.82 Å². The Labute approximate surface area is 152 Å². The first-order chi connectivity index (χ1) is 12.6. The summed E-state index contributed by atoms with van der Waals surface area (Å²) in [6.45, 7) is 2.63. The maximum absolute atomic E-state index is 12.9. The quantitative estimate of drug-likeness (QED) is 0.911. The summed E-state index contributed by atoms with van der Waals surface area (Å²) in [6, 6.07) is 11.4. The van der Waals surface area contributed by atoms with Gasteiger partial charge in [-0.25, -0.2) is 9.18 Å². The van der Waals surface area contributed by atoms with Crippen molar-refractivity contribution < 1.29 is 18.7 Å². The fraction of sp³-hybridized carbons (Fsp3) is 0.316. The molecule has 1 fully saturated rings. The molecule has 138 valence electrons. The van der Waals surface area contributed by atoms with Gasteiger partial charge in [0.05, 0.1) is 14.2 Å². The van der Waals surface area contributed by atoms with Gasteiger partial charge >= 0.3 is 6.03 Å². The van der Waals surface area contributed by atoms with Crippen LogP contribution in [0.25, 0.3) is 0 Å². The molecular weight excluding hydrogens is 337 g/mol. The van der Waals surface area contributed by atoms with Crippen LogP contribution in [0.5, 0.6) is 11.5 Å². The topological polar surface area (TPSA) is 54.0 Å². The molecule has 6 nitrogen and oxygen atoms in total. The minimum Gasteiger partial charge on any atom is -0.493 e. The Morgan fingerprint density at radius 2 is 1.62 bits per heavy atom. The number of rotatable bonds is 4. The van der Waals surface area contributed by atoms with Gasteiger partial charge < -0.3 is 24.6 Å². The molecule has 0 bridgehead atoms. The van der Waals surface area contributed by atoms with Crippen LogP contribution in [-0.2, 0) is 0 Å². The lowest BCUT2D eigenvalue weighted by Gasteiger charge is -2.36. The van der Waals surface area contributed by atoms with Crippen molar-refractivity contribution in [1.29, 1.82) is 0 Å². The van der Waals surface area contributed by atoms with Crippen LogP contribution in [0.15, 0.2) is 42.5 Å². The van der Waals surface area contributed by atoms with Gasteiger partial charge in [-0.05, 0) is 36.4 Å². The molecule has 0 radical (unpaired) electrons. The number of urea groups is 1. The SMILES string of the molecule is COc1ccc(N2CCN(C(=O)Nc3ccc(F)cc3)CC2)cc1OC. The lowest BCUT2D eigenvalue weighted by Crippen LogP contribution is -2.50. The molecular formula is C19H22FN3O3. The molecule has 2 aromatic rings. The van der Waals surface area contributed by atoms with Gasteiger partial charge in [0.25, 0.3) is 0 Å². The average Bonchev–Trinajstić information content (AvgIpc) is 2.69. The normalized spacial score (nSPS) is 14.1. The molecule has 0 spiro atoms. The molecule has 3 rings (SSSR count). The highest BCUT2D eigenvalue weighted by atomic mass is 19.1. The first kappa shape index (κ1) is 17.8. The van der Waals surface area contributed by atoms with Crippen molar-refractivity contribution in [2.75, 3.05) is 50.6 Å². The van der Waals surface area contributed by atoms with E-state index in [1.165, 1.54) is 12.1 Å². The predicted molar refractivity (Wildman–Crippen MR) is 98.8 cm³/mol. The van der Waals surface area contributed by atoms with Crippen LogP contribution in [0.4, 0.5) is 20.6 Å². The number of amides is 2. The van der Waals surface area contributed by atoms with Gasteiger partial charge in [-0.15, -0.1) is 0 Å². The highest BCUT2D eigenvalue weighted by Gasteiger charge is 2.22. The summed E-state index contributed by atoms with van der Waals surface area (Å²) in [5, 5.41) is 2.79. The third kappa shape index (κ3) is 3.99. The van der Waals surface area contributed by atoms with Gasteiger partial charge in [0, 0.05) is 43.6 Å². The van der Waals surface area contributed by atoms with Gasteiger partial charge in [0.2, 0.25) is 0 Å². The Morgan fingerprint density at radius 3 is 2.23 bits per heavy atom. The Morgan fingerprint density at radius 1 is 0.962 bits per heavy atom. The van der Waals surface area contributed by atoms with Crippen LogP contribution in [0.2, 0.25) is 0 Å². The predicted octanol–water partition coefficient (Wildman–Crippen LogP) is 3.20. The van der Waals surface area contributed by atoms with Gasteiger partial charge in [-0.2, -0.15) is 0 Å². The number of carbonyl (C=O) groups excluding carboxylic acids is 1. The Kier molecular flexibility index (Phi) is 5.46. The van der Waals surface area contributed by atoms with E-state index in [9.17, 15) is 9.18 Å². The number of methoxy groups -OCH3 is 2. The number of anilines is 2. The number of piperazine rings is 1. The van der Waals surface area contributed by atoms with E-state index in [0.29, 0.717) is 43.4 Å². The van der Waals surface area contributed by atoms with E-state index in [1.807, 2.05) is 18.2 Å². The number of nitrogens with zero attached hydrogens (tertiary/aromatic N) is 2. The Balaban J connectivity index is 1.58.